The molecule has 0 aromatic heterocycles. The van der Waals surface area contributed by atoms with Gasteiger partial charge in [0, 0.05) is 6.42 Å². The van der Waals surface area contributed by atoms with E-state index in [9.17, 15) is 4.79 Å². The molecule has 19 heavy (non-hydrogen) atoms. The second-order valence-corrected chi connectivity index (χ2v) is 4.98. The van der Waals surface area contributed by atoms with Gasteiger partial charge in [0.05, 0.1) is 12.8 Å². The lowest BCUT2D eigenvalue weighted by atomic mass is 9.93. The number of rotatable bonds is 5. The molecule has 1 heterocycles. The quantitative estimate of drug-likeness (QED) is 0.856. The Bertz CT molecular complexity index is 414. The summed E-state index contributed by atoms with van der Waals surface area (Å²) in [7, 11) is 1.61. The zero-order valence-corrected chi connectivity index (χ0v) is 11.4. The van der Waals surface area contributed by atoms with Gasteiger partial charge in [-0.25, -0.2) is 0 Å². The molecule has 1 saturated heterocycles. The molecule has 1 aliphatic heterocycles. The van der Waals surface area contributed by atoms with Crippen LogP contribution in [0.5, 0.6) is 5.75 Å². The van der Waals surface area contributed by atoms with Crippen molar-refractivity contribution >= 4 is 11.6 Å². The summed E-state index contributed by atoms with van der Waals surface area (Å²) in [6.45, 7) is 2.16. The lowest BCUT2D eigenvalue weighted by molar-refractivity contribution is -0.116. The maximum atomic E-state index is 11.9. The van der Waals surface area contributed by atoms with E-state index in [0.717, 1.165) is 25.2 Å². The minimum atomic E-state index is 0.0723. The van der Waals surface area contributed by atoms with Crippen LogP contribution in [0.2, 0.25) is 0 Å². The first-order chi connectivity index (χ1) is 9.29. The summed E-state index contributed by atoms with van der Waals surface area (Å²) in [5.74, 6) is 1.46. The van der Waals surface area contributed by atoms with Gasteiger partial charge in [-0.1, -0.05) is 12.1 Å². The highest BCUT2D eigenvalue weighted by atomic mass is 16.5. The molecule has 1 aromatic rings. The second-order valence-electron chi connectivity index (χ2n) is 4.98. The largest absolute Gasteiger partial charge is 0.495 e. The Kier molecular flexibility index (Phi) is 5.21. The monoisotopic (exact) mass is 262 g/mol. The smallest absolute Gasteiger partial charge is 0.224 e. The number of ether oxygens (including phenoxy) is 1. The molecule has 104 valence electrons. The standard InChI is InChI=1S/C15H22N2O2/c1-19-14-5-3-2-4-13(14)17-15(18)7-6-12-8-10-16-11-9-12/h2-5,12,16H,6-11H2,1H3,(H,17,18). The number of hydrogen-bond acceptors (Lipinski definition) is 3. The van der Waals surface area contributed by atoms with Gasteiger partial charge in [-0.15, -0.1) is 0 Å². The van der Waals surface area contributed by atoms with Gasteiger partial charge in [0.15, 0.2) is 0 Å². The number of carbonyl (C=O) groups excluding carboxylic acids is 1. The molecule has 1 aliphatic rings. The van der Waals surface area contributed by atoms with E-state index in [2.05, 4.69) is 10.6 Å². The third-order valence-electron chi connectivity index (χ3n) is 3.62. The Morgan fingerprint density at radius 1 is 1.37 bits per heavy atom. The Hall–Kier alpha value is -1.55. The van der Waals surface area contributed by atoms with Crippen LogP contribution in [0, 0.1) is 5.92 Å². The van der Waals surface area contributed by atoms with Gasteiger partial charge < -0.3 is 15.4 Å². The van der Waals surface area contributed by atoms with Gasteiger partial charge in [-0.2, -0.15) is 0 Å². The van der Waals surface area contributed by atoms with Crippen LogP contribution in [0.3, 0.4) is 0 Å². The van der Waals surface area contributed by atoms with Crippen LogP contribution >= 0.6 is 0 Å². The molecule has 0 aliphatic carbocycles. The first kappa shape index (κ1) is 13.9. The number of hydrogen-bond donors (Lipinski definition) is 2. The summed E-state index contributed by atoms with van der Waals surface area (Å²) < 4.78 is 5.22. The molecule has 1 aromatic carbocycles. The number of methoxy groups -OCH3 is 1. The van der Waals surface area contributed by atoms with Crippen molar-refractivity contribution in [3.8, 4) is 5.75 Å². The van der Waals surface area contributed by atoms with Crippen LogP contribution in [0.4, 0.5) is 5.69 Å². The topological polar surface area (TPSA) is 50.4 Å². The highest BCUT2D eigenvalue weighted by Gasteiger charge is 2.15. The highest BCUT2D eigenvalue weighted by Crippen LogP contribution is 2.24. The number of nitrogens with one attached hydrogen (secondary N) is 2. The molecule has 4 nitrogen and oxygen atoms in total. The zero-order chi connectivity index (χ0) is 13.5. The molecule has 0 atom stereocenters. The van der Waals surface area contributed by atoms with Gasteiger partial charge in [-0.05, 0) is 50.4 Å². The number of carbonyl (C=O) groups is 1. The fraction of sp³-hybridized carbons (Fsp3) is 0.533. The lowest BCUT2D eigenvalue weighted by Crippen LogP contribution is -2.28. The maximum Gasteiger partial charge on any atom is 0.224 e. The van der Waals surface area contributed by atoms with Gasteiger partial charge >= 0.3 is 0 Å². The van der Waals surface area contributed by atoms with Crippen LogP contribution in [0.25, 0.3) is 0 Å². The first-order valence-electron chi connectivity index (χ1n) is 6.93. The Morgan fingerprint density at radius 2 is 2.11 bits per heavy atom. The molecule has 0 unspecified atom stereocenters. The predicted octanol–water partition coefficient (Wildman–Crippen LogP) is 2.41. The van der Waals surface area contributed by atoms with Crippen molar-refractivity contribution in [2.24, 2.45) is 5.92 Å². The van der Waals surface area contributed by atoms with Crippen LogP contribution in [-0.4, -0.2) is 26.1 Å². The summed E-state index contributed by atoms with van der Waals surface area (Å²) in [5.41, 5.74) is 0.750. The number of para-hydroxylation sites is 2. The summed E-state index contributed by atoms with van der Waals surface area (Å²) >= 11 is 0. The molecule has 0 spiro atoms. The molecule has 4 heteroatoms. The fourth-order valence-electron chi connectivity index (χ4n) is 2.47. The molecule has 0 bridgehead atoms. The number of piperidine rings is 1. The highest BCUT2D eigenvalue weighted by molar-refractivity contribution is 5.92. The van der Waals surface area contributed by atoms with Gasteiger partial charge in [0.2, 0.25) is 5.91 Å². The number of benzene rings is 1. The van der Waals surface area contributed by atoms with Crippen molar-refractivity contribution in [2.75, 3.05) is 25.5 Å². The van der Waals surface area contributed by atoms with Crippen molar-refractivity contribution in [1.82, 2.24) is 5.32 Å². The van der Waals surface area contributed by atoms with Gasteiger partial charge in [-0.3, -0.25) is 4.79 Å². The average Bonchev–Trinajstić information content (AvgIpc) is 2.47. The summed E-state index contributed by atoms with van der Waals surface area (Å²) in [4.78, 5) is 11.9. The number of amides is 1. The van der Waals surface area contributed by atoms with E-state index >= 15 is 0 Å². The van der Waals surface area contributed by atoms with Crippen molar-refractivity contribution in [3.63, 3.8) is 0 Å². The summed E-state index contributed by atoms with van der Waals surface area (Å²) in [5, 5.41) is 6.26. The SMILES string of the molecule is COc1ccccc1NC(=O)CCC1CCNCC1. The van der Waals surface area contributed by atoms with E-state index in [1.54, 1.807) is 7.11 Å². The summed E-state index contributed by atoms with van der Waals surface area (Å²) in [6.07, 6.45) is 3.93. The molecular formula is C15H22N2O2. The van der Waals surface area contributed by atoms with Gasteiger partial charge in [0.25, 0.3) is 0 Å². The second kappa shape index (κ2) is 7.14. The Labute approximate surface area is 114 Å². The van der Waals surface area contributed by atoms with Crippen LogP contribution in [0.15, 0.2) is 24.3 Å². The molecule has 0 radical (unpaired) electrons. The van der Waals surface area contributed by atoms with E-state index in [1.165, 1.54) is 12.8 Å². The minimum Gasteiger partial charge on any atom is -0.495 e. The molecule has 1 fully saturated rings. The normalized spacial score (nSPS) is 16.1. The van der Waals surface area contributed by atoms with E-state index < -0.39 is 0 Å². The van der Waals surface area contributed by atoms with Crippen molar-refractivity contribution < 1.29 is 9.53 Å². The van der Waals surface area contributed by atoms with E-state index in [-0.39, 0.29) is 5.91 Å². The van der Waals surface area contributed by atoms with Crippen LogP contribution in [-0.2, 0) is 4.79 Å². The Balaban J connectivity index is 1.80. The Morgan fingerprint density at radius 3 is 2.84 bits per heavy atom. The van der Waals surface area contributed by atoms with Crippen molar-refractivity contribution in [1.29, 1.82) is 0 Å². The van der Waals surface area contributed by atoms with Crippen LogP contribution < -0.4 is 15.4 Å². The molecule has 2 N–H and O–H groups in total. The molecule has 0 saturated carbocycles. The molecule has 1 amide bonds. The molecule has 2 rings (SSSR count). The third kappa shape index (κ3) is 4.24. The number of anilines is 1. The van der Waals surface area contributed by atoms with E-state index in [4.69, 9.17) is 4.74 Å². The fourth-order valence-corrected chi connectivity index (χ4v) is 2.47. The van der Waals surface area contributed by atoms with E-state index in [1.807, 2.05) is 24.3 Å². The predicted molar refractivity (Wildman–Crippen MR) is 76.5 cm³/mol. The average molecular weight is 262 g/mol. The first-order valence-corrected chi connectivity index (χ1v) is 6.93. The minimum absolute atomic E-state index is 0.0723. The van der Waals surface area contributed by atoms with Crippen LogP contribution in [0.1, 0.15) is 25.7 Å². The maximum absolute atomic E-state index is 11.9. The van der Waals surface area contributed by atoms with E-state index in [0.29, 0.717) is 18.1 Å². The third-order valence-corrected chi connectivity index (χ3v) is 3.62. The summed E-state index contributed by atoms with van der Waals surface area (Å²) in [6, 6.07) is 7.50. The molecular weight excluding hydrogens is 240 g/mol. The lowest BCUT2D eigenvalue weighted by Gasteiger charge is -2.22. The van der Waals surface area contributed by atoms with Crippen molar-refractivity contribution in [3.05, 3.63) is 24.3 Å². The zero-order valence-electron chi connectivity index (χ0n) is 11.4. The van der Waals surface area contributed by atoms with Crippen molar-refractivity contribution in [2.45, 2.75) is 25.7 Å². The van der Waals surface area contributed by atoms with Gasteiger partial charge in [0.1, 0.15) is 5.75 Å².